The molecule has 0 unspecified atom stereocenters. The SMILES string of the molecule is CCNOOOSOC(=O)COc1c(C)c(C)c2c(c1C)CC[C@@](C)(CCC[C@H](C)CCC[C@H](C)CCCC(C)C)O2. The van der Waals surface area contributed by atoms with Crippen LogP contribution >= 0.6 is 12.3 Å². The Kier molecular flexibility index (Phi) is 16.6. The smallest absolute Gasteiger partial charge is 0.358 e. The molecule has 242 valence electrons. The standard InChI is InChI=1S/C33H57NO7S/c1-10-34-39-40-41-42-38-30(35)22-36-31-26(6)27(7)32-29(28(31)8)19-21-33(9,37-32)20-13-18-25(5)17-12-16-24(4)15-11-14-23(2)3/h23-25,34H,10-22H2,1-9H3/t24-,25-,33-/m1/s1. The predicted molar refractivity (Wildman–Crippen MR) is 169 cm³/mol. The van der Waals surface area contributed by atoms with E-state index in [-0.39, 0.29) is 12.2 Å². The Morgan fingerprint density at radius 3 is 2.24 bits per heavy atom. The molecular weight excluding hydrogens is 554 g/mol. The van der Waals surface area contributed by atoms with Gasteiger partial charge in [0.2, 0.25) is 0 Å². The highest BCUT2D eigenvalue weighted by atomic mass is 32.2. The Morgan fingerprint density at radius 2 is 1.60 bits per heavy atom. The summed E-state index contributed by atoms with van der Waals surface area (Å²) in [7, 11) is 0. The minimum Gasteiger partial charge on any atom is -0.487 e. The summed E-state index contributed by atoms with van der Waals surface area (Å²) in [5.74, 6) is 3.52. The number of nitrogens with one attached hydrogen (secondary N) is 1. The van der Waals surface area contributed by atoms with Gasteiger partial charge < -0.3 is 13.7 Å². The van der Waals surface area contributed by atoms with Crippen molar-refractivity contribution in [1.82, 2.24) is 5.48 Å². The first-order valence-electron chi connectivity index (χ1n) is 16.0. The number of ether oxygens (including phenoxy) is 2. The number of benzene rings is 1. The van der Waals surface area contributed by atoms with Crippen LogP contribution in [0, 0.1) is 38.5 Å². The van der Waals surface area contributed by atoms with Gasteiger partial charge in [-0.1, -0.05) is 83.9 Å². The molecule has 8 nitrogen and oxygen atoms in total. The van der Waals surface area contributed by atoms with Crippen molar-refractivity contribution in [2.75, 3.05) is 13.2 Å². The Hall–Kier alpha value is -1.52. The van der Waals surface area contributed by atoms with Crippen molar-refractivity contribution >= 4 is 18.3 Å². The quantitative estimate of drug-likeness (QED) is 0.0633. The van der Waals surface area contributed by atoms with Crippen molar-refractivity contribution in [3.63, 3.8) is 0 Å². The van der Waals surface area contributed by atoms with Crippen molar-refractivity contribution in [3.8, 4) is 11.5 Å². The molecule has 0 saturated carbocycles. The van der Waals surface area contributed by atoms with Gasteiger partial charge in [0, 0.05) is 12.1 Å². The third-order valence-corrected chi connectivity index (χ3v) is 8.96. The van der Waals surface area contributed by atoms with E-state index in [1.165, 1.54) is 56.9 Å². The van der Waals surface area contributed by atoms with E-state index < -0.39 is 5.97 Å². The molecule has 1 N–H and O–H groups in total. The maximum atomic E-state index is 12.1. The first kappa shape index (κ1) is 36.7. The zero-order valence-corrected chi connectivity index (χ0v) is 28.5. The molecule has 1 aliphatic rings. The molecule has 2 rings (SSSR count). The maximum Gasteiger partial charge on any atom is 0.358 e. The minimum absolute atomic E-state index is 0.164. The average Bonchev–Trinajstić information content (AvgIpc) is 2.93. The molecule has 0 amide bonds. The van der Waals surface area contributed by atoms with Crippen molar-refractivity contribution in [1.29, 1.82) is 0 Å². The lowest BCUT2D eigenvalue weighted by Crippen LogP contribution is -2.37. The molecule has 3 atom stereocenters. The molecule has 0 spiro atoms. The fourth-order valence-electron chi connectivity index (χ4n) is 5.79. The molecule has 0 radical (unpaired) electrons. The van der Waals surface area contributed by atoms with Crippen molar-refractivity contribution in [3.05, 3.63) is 22.3 Å². The first-order valence-corrected chi connectivity index (χ1v) is 16.7. The van der Waals surface area contributed by atoms with Gasteiger partial charge >= 0.3 is 5.97 Å². The number of fused-ring (bicyclic) bond motifs is 1. The highest BCUT2D eigenvalue weighted by Gasteiger charge is 2.34. The zero-order valence-electron chi connectivity index (χ0n) is 27.7. The third-order valence-electron chi connectivity index (χ3n) is 8.59. The van der Waals surface area contributed by atoms with Gasteiger partial charge in [-0.3, -0.25) is 0 Å². The van der Waals surface area contributed by atoms with Gasteiger partial charge in [-0.05, 0) is 92.9 Å². The summed E-state index contributed by atoms with van der Waals surface area (Å²) in [6, 6.07) is 0. The van der Waals surface area contributed by atoms with Gasteiger partial charge in [-0.2, -0.15) is 5.48 Å². The summed E-state index contributed by atoms with van der Waals surface area (Å²) in [6.07, 6.45) is 13.5. The normalized spacial score (nSPS) is 18.0. The molecule has 42 heavy (non-hydrogen) atoms. The van der Waals surface area contributed by atoms with E-state index in [0.29, 0.717) is 24.6 Å². The lowest BCUT2D eigenvalue weighted by atomic mass is 9.83. The molecule has 0 aliphatic carbocycles. The topological polar surface area (TPSA) is 84.5 Å². The van der Waals surface area contributed by atoms with E-state index in [2.05, 4.69) is 61.4 Å². The van der Waals surface area contributed by atoms with Crippen LogP contribution in [0.1, 0.15) is 128 Å². The molecule has 0 fully saturated rings. The van der Waals surface area contributed by atoms with Crippen LogP contribution in [0.3, 0.4) is 0 Å². The van der Waals surface area contributed by atoms with Gasteiger partial charge in [0.25, 0.3) is 12.3 Å². The summed E-state index contributed by atoms with van der Waals surface area (Å²) in [5.41, 5.74) is 6.48. The van der Waals surface area contributed by atoms with Crippen LogP contribution in [-0.4, -0.2) is 24.7 Å². The average molecular weight is 612 g/mol. The Morgan fingerprint density at radius 1 is 0.952 bits per heavy atom. The Balaban J connectivity index is 1.81. The summed E-state index contributed by atoms with van der Waals surface area (Å²) < 4.78 is 22.0. The van der Waals surface area contributed by atoms with Crippen LogP contribution in [0.5, 0.6) is 11.5 Å². The third kappa shape index (κ3) is 12.6. The minimum atomic E-state index is -0.601. The largest absolute Gasteiger partial charge is 0.487 e. The molecule has 1 aromatic carbocycles. The second-order valence-corrected chi connectivity index (χ2v) is 13.4. The lowest BCUT2D eigenvalue weighted by Gasteiger charge is -2.38. The fraction of sp³-hybridized carbons (Fsp3) is 0.788. The van der Waals surface area contributed by atoms with Crippen LogP contribution in [-0.2, 0) is 29.8 Å². The number of rotatable bonds is 21. The summed E-state index contributed by atoms with van der Waals surface area (Å²) in [6.45, 7) is 20.0. The number of hydrogen-bond acceptors (Lipinski definition) is 9. The highest BCUT2D eigenvalue weighted by Crippen LogP contribution is 2.45. The van der Waals surface area contributed by atoms with Crippen molar-refractivity contribution in [2.24, 2.45) is 17.8 Å². The highest BCUT2D eigenvalue weighted by molar-refractivity contribution is 7.90. The van der Waals surface area contributed by atoms with E-state index in [4.69, 9.17) is 13.7 Å². The van der Waals surface area contributed by atoms with E-state index in [1.54, 1.807) is 0 Å². The molecule has 0 saturated heterocycles. The monoisotopic (exact) mass is 611 g/mol. The molecule has 9 heteroatoms. The zero-order chi connectivity index (χ0) is 31.1. The Bertz CT molecular complexity index is 957. The van der Waals surface area contributed by atoms with Gasteiger partial charge in [0.1, 0.15) is 17.1 Å². The molecule has 0 aromatic heterocycles. The molecule has 1 aromatic rings. The van der Waals surface area contributed by atoms with E-state index in [1.807, 2.05) is 20.8 Å². The maximum absolute atomic E-state index is 12.1. The predicted octanol–water partition coefficient (Wildman–Crippen LogP) is 9.02. The molecular formula is C33H57NO7S. The van der Waals surface area contributed by atoms with Gasteiger partial charge in [0.15, 0.2) is 6.61 Å². The molecule has 1 heterocycles. The molecule has 0 bridgehead atoms. The van der Waals surface area contributed by atoms with Crippen LogP contribution in [0.2, 0.25) is 0 Å². The number of carbonyl (C=O) groups is 1. The first-order chi connectivity index (χ1) is 20.0. The van der Waals surface area contributed by atoms with Crippen molar-refractivity contribution < 1.29 is 32.8 Å². The van der Waals surface area contributed by atoms with E-state index in [9.17, 15) is 4.79 Å². The second kappa shape index (κ2) is 19.0. The second-order valence-electron chi connectivity index (χ2n) is 13.0. The van der Waals surface area contributed by atoms with Gasteiger partial charge in [-0.15, -0.1) is 4.99 Å². The lowest BCUT2D eigenvalue weighted by molar-refractivity contribution is -0.487. The molecule has 1 aliphatic heterocycles. The summed E-state index contributed by atoms with van der Waals surface area (Å²) in [4.78, 5) is 16.5. The van der Waals surface area contributed by atoms with Gasteiger partial charge in [-0.25, -0.2) is 4.79 Å². The van der Waals surface area contributed by atoms with Gasteiger partial charge in [0.05, 0.1) is 0 Å². The number of hydroxylamine groups is 1. The van der Waals surface area contributed by atoms with Crippen LogP contribution in [0.4, 0.5) is 0 Å². The summed E-state index contributed by atoms with van der Waals surface area (Å²) >= 11 is 0.360. The number of carbonyl (C=O) groups excluding carboxylic acids is 1. The van der Waals surface area contributed by atoms with E-state index in [0.717, 1.165) is 59.5 Å². The van der Waals surface area contributed by atoms with E-state index >= 15 is 0 Å². The van der Waals surface area contributed by atoms with Crippen LogP contribution in [0.25, 0.3) is 0 Å². The number of hydrogen-bond donors (Lipinski definition) is 1. The summed E-state index contributed by atoms with van der Waals surface area (Å²) in [5, 5.41) is 4.32. The van der Waals surface area contributed by atoms with Crippen molar-refractivity contribution in [2.45, 2.75) is 139 Å². The Labute approximate surface area is 259 Å². The van der Waals surface area contributed by atoms with Crippen LogP contribution < -0.4 is 15.0 Å². The fourth-order valence-corrected chi connectivity index (χ4v) is 5.99. The van der Waals surface area contributed by atoms with Crippen LogP contribution in [0.15, 0.2) is 0 Å².